The van der Waals surface area contributed by atoms with Crippen molar-refractivity contribution < 1.29 is 19.1 Å². The topological polar surface area (TPSA) is 96.5 Å². The summed E-state index contributed by atoms with van der Waals surface area (Å²) in [6.07, 6.45) is 0.593. The molecule has 2 aromatic rings. The third-order valence-electron chi connectivity index (χ3n) is 3.77. The van der Waals surface area contributed by atoms with Gasteiger partial charge in [0.15, 0.2) is 5.11 Å². The maximum atomic E-state index is 11.9. The van der Waals surface area contributed by atoms with Crippen LogP contribution in [-0.4, -0.2) is 29.5 Å². The summed E-state index contributed by atoms with van der Waals surface area (Å²) in [7, 11) is 0. The van der Waals surface area contributed by atoms with Gasteiger partial charge in [0.2, 0.25) is 11.8 Å². The van der Waals surface area contributed by atoms with Gasteiger partial charge < -0.3 is 20.7 Å². The van der Waals surface area contributed by atoms with E-state index in [9.17, 15) is 14.4 Å². The van der Waals surface area contributed by atoms with E-state index in [2.05, 4.69) is 16.0 Å². The zero-order valence-electron chi connectivity index (χ0n) is 16.1. The monoisotopic (exact) mass is 413 g/mol. The summed E-state index contributed by atoms with van der Waals surface area (Å²) in [5.74, 6) is -0.965. The number of rotatable bonds is 8. The average molecular weight is 413 g/mol. The zero-order valence-corrected chi connectivity index (χ0v) is 16.9. The van der Waals surface area contributed by atoms with Crippen LogP contribution in [0.15, 0.2) is 54.6 Å². The van der Waals surface area contributed by atoms with Gasteiger partial charge in [-0.15, -0.1) is 0 Å². The first-order chi connectivity index (χ1) is 13.9. The molecule has 0 aliphatic heterocycles. The fraction of sp³-hybridized carbons (Fsp3) is 0.238. The first-order valence-electron chi connectivity index (χ1n) is 9.10. The Morgan fingerprint density at radius 3 is 2.14 bits per heavy atom. The summed E-state index contributed by atoms with van der Waals surface area (Å²) in [4.78, 5) is 34.7. The number of ether oxygens (including phenoxy) is 1. The van der Waals surface area contributed by atoms with Crippen molar-refractivity contribution in [2.45, 2.75) is 26.2 Å². The molecule has 0 aliphatic rings. The van der Waals surface area contributed by atoms with Gasteiger partial charge in [-0.05, 0) is 42.0 Å². The van der Waals surface area contributed by atoms with Gasteiger partial charge in [0, 0.05) is 31.1 Å². The van der Waals surface area contributed by atoms with Gasteiger partial charge in [-0.1, -0.05) is 30.3 Å². The van der Waals surface area contributed by atoms with Crippen LogP contribution >= 0.6 is 12.2 Å². The Kier molecular flexibility index (Phi) is 8.78. The number of carbonyl (C=O) groups is 3. The Hall–Kier alpha value is -3.26. The van der Waals surface area contributed by atoms with E-state index in [1.807, 2.05) is 30.3 Å². The standard InChI is InChI=1S/C21H23N3O4S/c1-15(25)22-17-7-9-18(10-8-17)23-21(29)24-19(26)11-12-20(27)28-14-13-16-5-3-2-4-6-16/h2-10H,11-14H2,1H3,(H,22,25)(H2,23,24,26,29). The van der Waals surface area contributed by atoms with Gasteiger partial charge in [-0.2, -0.15) is 0 Å². The van der Waals surface area contributed by atoms with Crippen molar-refractivity contribution in [3.8, 4) is 0 Å². The smallest absolute Gasteiger partial charge is 0.306 e. The lowest BCUT2D eigenvalue weighted by Crippen LogP contribution is -2.34. The van der Waals surface area contributed by atoms with Crippen molar-refractivity contribution in [2.75, 3.05) is 17.2 Å². The second-order valence-corrected chi connectivity index (χ2v) is 6.63. The number of hydrogen-bond acceptors (Lipinski definition) is 5. The quantitative estimate of drug-likeness (QED) is 0.455. The number of thiocarbonyl (C=S) groups is 1. The van der Waals surface area contributed by atoms with Crippen LogP contribution in [-0.2, 0) is 25.5 Å². The minimum absolute atomic E-state index is 0.0192. The third kappa shape index (κ3) is 8.98. The highest BCUT2D eigenvalue weighted by atomic mass is 32.1. The van der Waals surface area contributed by atoms with Crippen molar-refractivity contribution >= 4 is 46.5 Å². The van der Waals surface area contributed by atoms with E-state index in [1.165, 1.54) is 6.92 Å². The number of amides is 2. The Balaban J connectivity index is 1.64. The van der Waals surface area contributed by atoms with Gasteiger partial charge in [-0.3, -0.25) is 14.4 Å². The molecule has 0 saturated heterocycles. The van der Waals surface area contributed by atoms with E-state index < -0.39 is 5.97 Å². The van der Waals surface area contributed by atoms with Crippen molar-refractivity contribution in [2.24, 2.45) is 0 Å². The fourth-order valence-corrected chi connectivity index (χ4v) is 2.64. The van der Waals surface area contributed by atoms with E-state index in [1.54, 1.807) is 24.3 Å². The maximum absolute atomic E-state index is 11.9. The largest absolute Gasteiger partial charge is 0.465 e. The predicted molar refractivity (Wildman–Crippen MR) is 115 cm³/mol. The van der Waals surface area contributed by atoms with Crippen LogP contribution in [0.2, 0.25) is 0 Å². The summed E-state index contributed by atoms with van der Waals surface area (Å²) >= 11 is 5.09. The van der Waals surface area contributed by atoms with Gasteiger partial charge in [0.1, 0.15) is 0 Å². The second kappa shape index (κ2) is 11.6. The highest BCUT2D eigenvalue weighted by molar-refractivity contribution is 7.80. The lowest BCUT2D eigenvalue weighted by atomic mass is 10.2. The molecule has 0 saturated carbocycles. The fourth-order valence-electron chi connectivity index (χ4n) is 2.41. The molecule has 0 aromatic heterocycles. The van der Waals surface area contributed by atoms with Gasteiger partial charge >= 0.3 is 5.97 Å². The number of anilines is 2. The second-order valence-electron chi connectivity index (χ2n) is 6.22. The van der Waals surface area contributed by atoms with Crippen molar-refractivity contribution in [3.05, 3.63) is 60.2 Å². The molecule has 0 fully saturated rings. The third-order valence-corrected chi connectivity index (χ3v) is 3.97. The molecule has 0 aliphatic carbocycles. The first kappa shape index (κ1) is 22.0. The number of benzene rings is 2. The molecule has 3 N–H and O–H groups in total. The first-order valence-corrected chi connectivity index (χ1v) is 9.51. The number of carbonyl (C=O) groups excluding carboxylic acids is 3. The molecule has 2 aromatic carbocycles. The van der Waals surface area contributed by atoms with Crippen molar-refractivity contribution in [3.63, 3.8) is 0 Å². The molecule has 2 amide bonds. The average Bonchev–Trinajstić information content (AvgIpc) is 2.68. The molecule has 7 nitrogen and oxygen atoms in total. The molecule has 29 heavy (non-hydrogen) atoms. The molecule has 152 valence electrons. The molecule has 0 heterocycles. The number of nitrogens with one attached hydrogen (secondary N) is 3. The lowest BCUT2D eigenvalue weighted by Gasteiger charge is -2.10. The van der Waals surface area contributed by atoms with E-state index in [4.69, 9.17) is 17.0 Å². The minimum atomic E-state index is -0.427. The van der Waals surface area contributed by atoms with Crippen LogP contribution in [0.25, 0.3) is 0 Å². The van der Waals surface area contributed by atoms with E-state index in [0.29, 0.717) is 17.8 Å². The number of esters is 1. The SMILES string of the molecule is CC(=O)Nc1ccc(NC(=S)NC(=O)CCC(=O)OCCc2ccccc2)cc1. The lowest BCUT2D eigenvalue weighted by molar-refractivity contribution is -0.144. The Morgan fingerprint density at radius 2 is 1.52 bits per heavy atom. The van der Waals surface area contributed by atoms with E-state index >= 15 is 0 Å². The maximum Gasteiger partial charge on any atom is 0.306 e. The van der Waals surface area contributed by atoms with Crippen LogP contribution < -0.4 is 16.0 Å². The normalized spacial score (nSPS) is 9.97. The van der Waals surface area contributed by atoms with Gasteiger partial charge in [0.25, 0.3) is 0 Å². The van der Waals surface area contributed by atoms with E-state index in [0.717, 1.165) is 5.56 Å². The summed E-state index contributed by atoms with van der Waals surface area (Å²) in [6.45, 7) is 1.70. The summed E-state index contributed by atoms with van der Waals surface area (Å²) in [5.41, 5.74) is 2.40. The molecular weight excluding hydrogens is 390 g/mol. The van der Waals surface area contributed by atoms with Gasteiger partial charge in [-0.25, -0.2) is 0 Å². The van der Waals surface area contributed by atoms with Crippen molar-refractivity contribution in [1.29, 1.82) is 0 Å². The molecule has 0 atom stereocenters. The molecule has 0 spiro atoms. The van der Waals surface area contributed by atoms with Crippen LogP contribution in [0.3, 0.4) is 0 Å². The Morgan fingerprint density at radius 1 is 0.897 bits per heavy atom. The summed E-state index contributed by atoms with van der Waals surface area (Å²) < 4.78 is 5.14. The highest BCUT2D eigenvalue weighted by Crippen LogP contribution is 2.13. The minimum Gasteiger partial charge on any atom is -0.465 e. The van der Waals surface area contributed by atoms with Gasteiger partial charge in [0.05, 0.1) is 13.0 Å². The van der Waals surface area contributed by atoms with Crippen LogP contribution in [0, 0.1) is 0 Å². The summed E-state index contributed by atoms with van der Waals surface area (Å²) in [6, 6.07) is 16.5. The Labute approximate surface area is 174 Å². The van der Waals surface area contributed by atoms with Crippen LogP contribution in [0.5, 0.6) is 0 Å². The van der Waals surface area contributed by atoms with Crippen molar-refractivity contribution in [1.82, 2.24) is 5.32 Å². The summed E-state index contributed by atoms with van der Waals surface area (Å²) in [5, 5.41) is 8.16. The molecule has 0 bridgehead atoms. The number of hydrogen-bond donors (Lipinski definition) is 3. The van der Waals surface area contributed by atoms with E-state index in [-0.39, 0.29) is 36.4 Å². The Bertz CT molecular complexity index is 854. The molecule has 8 heteroatoms. The highest BCUT2D eigenvalue weighted by Gasteiger charge is 2.10. The molecule has 0 unspecified atom stereocenters. The molecular formula is C21H23N3O4S. The molecule has 2 rings (SSSR count). The zero-order chi connectivity index (χ0) is 21.1. The predicted octanol–water partition coefficient (Wildman–Crippen LogP) is 3.02. The van der Waals surface area contributed by atoms with Crippen LogP contribution in [0.4, 0.5) is 11.4 Å². The molecule has 0 radical (unpaired) electrons. The van der Waals surface area contributed by atoms with Crippen LogP contribution in [0.1, 0.15) is 25.3 Å².